The number of rotatable bonds is 4. The quantitative estimate of drug-likeness (QED) is 0.897. The Hall–Kier alpha value is -0.940. The number of hydrogen-bond donors (Lipinski definition) is 2. The van der Waals surface area contributed by atoms with Gasteiger partial charge >= 0.3 is 5.97 Å². The smallest absolute Gasteiger partial charge is 0.323 e. The molecule has 1 aromatic heterocycles. The van der Waals surface area contributed by atoms with Gasteiger partial charge in [-0.05, 0) is 40.4 Å². The molecule has 1 heterocycles. The lowest BCUT2D eigenvalue weighted by molar-refractivity contribution is -0.146. The minimum Gasteiger partial charge on any atom is -0.480 e. The van der Waals surface area contributed by atoms with Crippen molar-refractivity contribution >= 4 is 21.9 Å². The Bertz CT molecular complexity index is 431. The number of hydrogen-bond acceptors (Lipinski definition) is 3. The molecule has 1 aliphatic carbocycles. The molecule has 1 fully saturated rings. The van der Waals surface area contributed by atoms with Crippen molar-refractivity contribution in [1.29, 1.82) is 0 Å². The number of nitrogens with zero attached hydrogens (tertiary/aromatic N) is 1. The highest BCUT2D eigenvalue weighted by Crippen LogP contribution is 2.28. The van der Waals surface area contributed by atoms with Crippen LogP contribution in [-0.2, 0) is 11.3 Å². The van der Waals surface area contributed by atoms with Gasteiger partial charge in [-0.15, -0.1) is 0 Å². The van der Waals surface area contributed by atoms with E-state index in [0.717, 1.165) is 29.3 Å². The average molecular weight is 313 g/mol. The van der Waals surface area contributed by atoms with Crippen LogP contribution in [0.15, 0.2) is 22.9 Å². The molecule has 0 saturated heterocycles. The molecular formula is C13H17BrN2O2. The van der Waals surface area contributed by atoms with Gasteiger partial charge in [0, 0.05) is 23.4 Å². The third-order valence-corrected chi connectivity index (χ3v) is 3.94. The summed E-state index contributed by atoms with van der Waals surface area (Å²) >= 11 is 3.36. The van der Waals surface area contributed by atoms with E-state index in [1.807, 2.05) is 6.07 Å². The van der Waals surface area contributed by atoms with Crippen molar-refractivity contribution in [2.24, 2.45) is 0 Å². The number of aromatic nitrogens is 1. The first-order valence-electron chi connectivity index (χ1n) is 6.20. The molecule has 98 valence electrons. The zero-order chi connectivity index (χ0) is 13.0. The fourth-order valence-corrected chi connectivity index (χ4v) is 2.86. The van der Waals surface area contributed by atoms with Crippen molar-refractivity contribution < 1.29 is 9.90 Å². The molecule has 0 unspecified atom stereocenters. The summed E-state index contributed by atoms with van der Waals surface area (Å²) in [6, 6.07) is 1.96. The summed E-state index contributed by atoms with van der Waals surface area (Å²) in [4.78, 5) is 15.6. The van der Waals surface area contributed by atoms with E-state index >= 15 is 0 Å². The molecule has 1 aromatic rings. The van der Waals surface area contributed by atoms with E-state index < -0.39 is 11.5 Å². The highest BCUT2D eigenvalue weighted by molar-refractivity contribution is 9.10. The largest absolute Gasteiger partial charge is 0.480 e. The second kappa shape index (κ2) is 5.80. The Kier molecular flexibility index (Phi) is 4.35. The van der Waals surface area contributed by atoms with Crippen molar-refractivity contribution in [1.82, 2.24) is 10.3 Å². The number of carboxylic acids is 1. The van der Waals surface area contributed by atoms with Crippen LogP contribution >= 0.6 is 15.9 Å². The van der Waals surface area contributed by atoms with Crippen molar-refractivity contribution in [3.63, 3.8) is 0 Å². The summed E-state index contributed by atoms with van der Waals surface area (Å²) in [6.45, 7) is 0.540. The molecule has 2 rings (SSSR count). The third kappa shape index (κ3) is 3.09. The summed E-state index contributed by atoms with van der Waals surface area (Å²) in [6.07, 6.45) is 8.00. The Labute approximate surface area is 115 Å². The Balaban J connectivity index is 2.04. The zero-order valence-electron chi connectivity index (χ0n) is 10.2. The number of carboxylic acid groups (broad SMARTS) is 1. The third-order valence-electron chi connectivity index (χ3n) is 3.51. The standard InChI is InChI=1S/C13H17BrN2O2/c14-11-6-10(7-15-9-11)8-16-13(12(17)18)4-2-1-3-5-13/h6-7,9,16H,1-5,8H2,(H,17,18). The molecule has 4 nitrogen and oxygen atoms in total. The van der Waals surface area contributed by atoms with Gasteiger partial charge in [-0.1, -0.05) is 19.3 Å². The van der Waals surface area contributed by atoms with E-state index in [4.69, 9.17) is 0 Å². The molecule has 18 heavy (non-hydrogen) atoms. The van der Waals surface area contributed by atoms with E-state index in [0.29, 0.717) is 19.4 Å². The Morgan fingerprint density at radius 3 is 2.72 bits per heavy atom. The van der Waals surface area contributed by atoms with Gasteiger partial charge in [-0.25, -0.2) is 0 Å². The molecule has 0 bridgehead atoms. The van der Waals surface area contributed by atoms with Crippen LogP contribution in [0.5, 0.6) is 0 Å². The second-order valence-electron chi connectivity index (χ2n) is 4.81. The van der Waals surface area contributed by atoms with E-state index in [1.54, 1.807) is 12.4 Å². The number of nitrogens with one attached hydrogen (secondary N) is 1. The van der Waals surface area contributed by atoms with Crippen LogP contribution < -0.4 is 5.32 Å². The number of halogens is 1. The van der Waals surface area contributed by atoms with Gasteiger partial charge in [-0.2, -0.15) is 0 Å². The topological polar surface area (TPSA) is 62.2 Å². The molecule has 0 aromatic carbocycles. The summed E-state index contributed by atoms with van der Waals surface area (Å²) in [5.41, 5.74) is 0.246. The van der Waals surface area contributed by atoms with Crippen LogP contribution in [0.1, 0.15) is 37.7 Å². The van der Waals surface area contributed by atoms with E-state index in [1.165, 1.54) is 0 Å². The van der Waals surface area contributed by atoms with Crippen molar-refractivity contribution in [3.8, 4) is 0 Å². The average Bonchev–Trinajstić information content (AvgIpc) is 2.37. The monoisotopic (exact) mass is 312 g/mol. The maximum Gasteiger partial charge on any atom is 0.323 e. The Morgan fingerprint density at radius 2 is 2.11 bits per heavy atom. The zero-order valence-corrected chi connectivity index (χ0v) is 11.7. The number of pyridine rings is 1. The lowest BCUT2D eigenvalue weighted by Crippen LogP contribution is -2.52. The molecule has 5 heteroatoms. The van der Waals surface area contributed by atoms with Crippen LogP contribution in [-0.4, -0.2) is 21.6 Å². The molecular weight excluding hydrogens is 296 g/mol. The molecule has 1 saturated carbocycles. The van der Waals surface area contributed by atoms with Gasteiger partial charge in [0.1, 0.15) is 5.54 Å². The Morgan fingerprint density at radius 1 is 1.39 bits per heavy atom. The number of aliphatic carboxylic acids is 1. The first-order chi connectivity index (χ1) is 8.62. The number of carbonyl (C=O) groups is 1. The van der Waals surface area contributed by atoms with Gasteiger partial charge in [0.25, 0.3) is 0 Å². The normalized spacial score (nSPS) is 18.5. The summed E-state index contributed by atoms with van der Waals surface area (Å²) in [7, 11) is 0. The molecule has 0 spiro atoms. The predicted octanol–water partition coefficient (Wildman–Crippen LogP) is 2.72. The van der Waals surface area contributed by atoms with Crippen LogP contribution in [0.2, 0.25) is 0 Å². The van der Waals surface area contributed by atoms with Gasteiger partial charge in [0.05, 0.1) is 0 Å². The summed E-state index contributed by atoms with van der Waals surface area (Å²) in [5.74, 6) is -0.731. The van der Waals surface area contributed by atoms with Crippen molar-refractivity contribution in [3.05, 3.63) is 28.5 Å². The summed E-state index contributed by atoms with van der Waals surface area (Å²) in [5, 5.41) is 12.7. The maximum atomic E-state index is 11.5. The van der Waals surface area contributed by atoms with Crippen LogP contribution in [0, 0.1) is 0 Å². The first-order valence-corrected chi connectivity index (χ1v) is 7.00. The molecule has 2 N–H and O–H groups in total. The summed E-state index contributed by atoms with van der Waals surface area (Å²) < 4.78 is 0.912. The van der Waals surface area contributed by atoms with Crippen LogP contribution in [0.3, 0.4) is 0 Å². The van der Waals surface area contributed by atoms with Crippen molar-refractivity contribution in [2.75, 3.05) is 0 Å². The van der Waals surface area contributed by atoms with Gasteiger partial charge < -0.3 is 5.11 Å². The van der Waals surface area contributed by atoms with Crippen molar-refractivity contribution in [2.45, 2.75) is 44.2 Å². The van der Waals surface area contributed by atoms with E-state index in [2.05, 4.69) is 26.2 Å². The highest BCUT2D eigenvalue weighted by atomic mass is 79.9. The van der Waals surface area contributed by atoms with Crippen LogP contribution in [0.4, 0.5) is 0 Å². The molecule has 0 amide bonds. The second-order valence-corrected chi connectivity index (χ2v) is 5.73. The molecule has 0 radical (unpaired) electrons. The minimum absolute atomic E-state index is 0.540. The first kappa shape index (κ1) is 13.5. The highest BCUT2D eigenvalue weighted by Gasteiger charge is 2.38. The molecule has 1 aliphatic rings. The molecule has 0 aliphatic heterocycles. The van der Waals surface area contributed by atoms with E-state index in [9.17, 15) is 9.90 Å². The van der Waals surface area contributed by atoms with Gasteiger partial charge in [-0.3, -0.25) is 15.1 Å². The molecule has 0 atom stereocenters. The predicted molar refractivity (Wildman–Crippen MR) is 72.2 cm³/mol. The maximum absolute atomic E-state index is 11.5. The minimum atomic E-state index is -0.749. The van der Waals surface area contributed by atoms with Gasteiger partial charge in [0.2, 0.25) is 0 Å². The fourth-order valence-electron chi connectivity index (χ4n) is 2.45. The SMILES string of the molecule is O=C(O)C1(NCc2cncc(Br)c2)CCCCC1. The van der Waals surface area contributed by atoms with Gasteiger partial charge in [0.15, 0.2) is 0 Å². The lowest BCUT2D eigenvalue weighted by atomic mass is 9.81. The van der Waals surface area contributed by atoms with E-state index in [-0.39, 0.29) is 0 Å². The fraction of sp³-hybridized carbons (Fsp3) is 0.538. The van der Waals surface area contributed by atoms with Crippen LogP contribution in [0.25, 0.3) is 0 Å². The lowest BCUT2D eigenvalue weighted by Gasteiger charge is -2.34.